The van der Waals surface area contributed by atoms with Crippen molar-refractivity contribution in [2.24, 2.45) is 0 Å². The van der Waals surface area contributed by atoms with Crippen LogP contribution >= 0.6 is 0 Å². The van der Waals surface area contributed by atoms with Crippen LogP contribution in [0.4, 0.5) is 0 Å². The molecule has 1 unspecified atom stereocenters. The lowest BCUT2D eigenvalue weighted by molar-refractivity contribution is 0.164. The molecule has 21 heavy (non-hydrogen) atoms. The SMILES string of the molecule is COc1cccc(CC(O)c2ccc3c(c2)OCCO3)c1. The molecule has 0 amide bonds. The van der Waals surface area contributed by atoms with E-state index < -0.39 is 6.10 Å². The Kier molecular flexibility index (Phi) is 3.97. The minimum Gasteiger partial charge on any atom is -0.497 e. The fraction of sp³-hybridized carbons (Fsp3) is 0.294. The third-order valence-corrected chi connectivity index (χ3v) is 3.51. The smallest absolute Gasteiger partial charge is 0.161 e. The maximum atomic E-state index is 10.4. The van der Waals surface area contributed by atoms with Crippen LogP contribution in [0.15, 0.2) is 42.5 Å². The summed E-state index contributed by atoms with van der Waals surface area (Å²) in [4.78, 5) is 0. The van der Waals surface area contributed by atoms with Gasteiger partial charge in [0.25, 0.3) is 0 Å². The van der Waals surface area contributed by atoms with E-state index in [1.165, 1.54) is 0 Å². The maximum Gasteiger partial charge on any atom is 0.161 e. The summed E-state index contributed by atoms with van der Waals surface area (Å²) in [6.45, 7) is 1.11. The highest BCUT2D eigenvalue weighted by Crippen LogP contribution is 2.33. The molecule has 1 aliphatic rings. The zero-order valence-electron chi connectivity index (χ0n) is 11.9. The molecule has 1 N–H and O–H groups in total. The first-order chi connectivity index (χ1) is 10.3. The van der Waals surface area contributed by atoms with Crippen molar-refractivity contribution in [1.82, 2.24) is 0 Å². The molecular formula is C17H18O4. The van der Waals surface area contributed by atoms with Crippen molar-refractivity contribution in [3.05, 3.63) is 53.6 Å². The molecule has 0 radical (unpaired) electrons. The van der Waals surface area contributed by atoms with E-state index >= 15 is 0 Å². The molecule has 0 bridgehead atoms. The normalized spacial score (nSPS) is 14.6. The molecule has 0 aromatic heterocycles. The predicted octanol–water partition coefficient (Wildman–Crippen LogP) is 2.74. The lowest BCUT2D eigenvalue weighted by atomic mass is 10.0. The Morgan fingerprint density at radius 1 is 1.10 bits per heavy atom. The van der Waals surface area contributed by atoms with Crippen LogP contribution in [0, 0.1) is 0 Å². The van der Waals surface area contributed by atoms with Crippen LogP contribution in [0.2, 0.25) is 0 Å². The molecule has 1 heterocycles. The highest BCUT2D eigenvalue weighted by atomic mass is 16.6. The van der Waals surface area contributed by atoms with Crippen LogP contribution in [0.5, 0.6) is 17.2 Å². The topological polar surface area (TPSA) is 47.9 Å². The Bertz CT molecular complexity index is 624. The number of benzene rings is 2. The van der Waals surface area contributed by atoms with Gasteiger partial charge < -0.3 is 19.3 Å². The first kappa shape index (κ1) is 13.8. The van der Waals surface area contributed by atoms with Gasteiger partial charge in [-0.25, -0.2) is 0 Å². The average Bonchev–Trinajstić information content (AvgIpc) is 2.54. The maximum absolute atomic E-state index is 10.4. The van der Waals surface area contributed by atoms with Gasteiger partial charge in [0.05, 0.1) is 13.2 Å². The van der Waals surface area contributed by atoms with E-state index in [0.29, 0.717) is 25.4 Å². The molecule has 1 aliphatic heterocycles. The van der Waals surface area contributed by atoms with Gasteiger partial charge in [-0.05, 0) is 35.4 Å². The highest BCUT2D eigenvalue weighted by Gasteiger charge is 2.15. The van der Waals surface area contributed by atoms with Gasteiger partial charge in [0, 0.05) is 6.42 Å². The number of rotatable bonds is 4. The van der Waals surface area contributed by atoms with Gasteiger partial charge in [-0.15, -0.1) is 0 Å². The molecular weight excluding hydrogens is 268 g/mol. The summed E-state index contributed by atoms with van der Waals surface area (Å²) >= 11 is 0. The Hall–Kier alpha value is -2.20. The van der Waals surface area contributed by atoms with Crippen molar-refractivity contribution in [2.75, 3.05) is 20.3 Å². The van der Waals surface area contributed by atoms with Gasteiger partial charge in [0.1, 0.15) is 19.0 Å². The summed E-state index contributed by atoms with van der Waals surface area (Å²) in [5.74, 6) is 2.23. The summed E-state index contributed by atoms with van der Waals surface area (Å²) in [5, 5.41) is 10.4. The van der Waals surface area contributed by atoms with Crippen molar-refractivity contribution < 1.29 is 19.3 Å². The Morgan fingerprint density at radius 2 is 1.90 bits per heavy atom. The minimum atomic E-state index is -0.590. The molecule has 4 nitrogen and oxygen atoms in total. The van der Waals surface area contributed by atoms with Gasteiger partial charge in [-0.1, -0.05) is 18.2 Å². The van der Waals surface area contributed by atoms with Crippen LogP contribution in [-0.4, -0.2) is 25.4 Å². The largest absolute Gasteiger partial charge is 0.497 e. The molecule has 110 valence electrons. The van der Waals surface area contributed by atoms with Gasteiger partial charge in [0.2, 0.25) is 0 Å². The van der Waals surface area contributed by atoms with Crippen molar-refractivity contribution in [3.63, 3.8) is 0 Å². The van der Waals surface area contributed by atoms with Crippen LogP contribution in [0.3, 0.4) is 0 Å². The van der Waals surface area contributed by atoms with E-state index in [1.54, 1.807) is 7.11 Å². The van der Waals surface area contributed by atoms with Gasteiger partial charge in [-0.3, -0.25) is 0 Å². The summed E-state index contributed by atoms with van der Waals surface area (Å²) < 4.78 is 16.2. The first-order valence-electron chi connectivity index (χ1n) is 6.97. The summed E-state index contributed by atoms with van der Waals surface area (Å²) in [7, 11) is 1.64. The van der Waals surface area contributed by atoms with E-state index in [-0.39, 0.29) is 0 Å². The van der Waals surface area contributed by atoms with Crippen LogP contribution in [0.1, 0.15) is 17.2 Å². The van der Waals surface area contributed by atoms with E-state index in [0.717, 1.165) is 22.6 Å². The predicted molar refractivity (Wildman–Crippen MR) is 79.1 cm³/mol. The van der Waals surface area contributed by atoms with Crippen molar-refractivity contribution >= 4 is 0 Å². The molecule has 0 saturated heterocycles. The molecule has 2 aromatic rings. The monoisotopic (exact) mass is 286 g/mol. The average molecular weight is 286 g/mol. The van der Waals surface area contributed by atoms with Gasteiger partial charge >= 0.3 is 0 Å². The number of fused-ring (bicyclic) bond motifs is 1. The molecule has 2 aromatic carbocycles. The van der Waals surface area contributed by atoms with Gasteiger partial charge in [-0.2, -0.15) is 0 Å². The van der Waals surface area contributed by atoms with E-state index in [2.05, 4.69) is 0 Å². The second-order valence-electron chi connectivity index (χ2n) is 4.97. The number of aliphatic hydroxyl groups excluding tert-OH is 1. The zero-order chi connectivity index (χ0) is 14.7. The Morgan fingerprint density at radius 3 is 2.71 bits per heavy atom. The zero-order valence-corrected chi connectivity index (χ0v) is 11.9. The molecule has 3 rings (SSSR count). The second kappa shape index (κ2) is 6.06. The molecule has 0 saturated carbocycles. The van der Waals surface area contributed by atoms with E-state index in [4.69, 9.17) is 14.2 Å². The third kappa shape index (κ3) is 3.11. The quantitative estimate of drug-likeness (QED) is 0.939. The van der Waals surface area contributed by atoms with Crippen LogP contribution < -0.4 is 14.2 Å². The molecule has 1 atom stereocenters. The van der Waals surface area contributed by atoms with Crippen molar-refractivity contribution in [3.8, 4) is 17.2 Å². The minimum absolute atomic E-state index is 0.525. The number of ether oxygens (including phenoxy) is 3. The van der Waals surface area contributed by atoms with E-state index in [1.807, 2.05) is 42.5 Å². The number of methoxy groups -OCH3 is 1. The Labute approximate surface area is 123 Å². The lowest BCUT2D eigenvalue weighted by Crippen LogP contribution is -2.15. The first-order valence-corrected chi connectivity index (χ1v) is 6.97. The summed E-state index contributed by atoms with van der Waals surface area (Å²) in [5.41, 5.74) is 1.85. The molecule has 0 aliphatic carbocycles. The standard InChI is InChI=1S/C17H18O4/c1-19-14-4-2-3-12(9-14)10-15(18)13-5-6-16-17(11-13)21-8-7-20-16/h2-6,9,11,15,18H,7-8,10H2,1H3. The van der Waals surface area contributed by atoms with Crippen molar-refractivity contribution in [1.29, 1.82) is 0 Å². The summed E-state index contributed by atoms with van der Waals surface area (Å²) in [6, 6.07) is 13.3. The second-order valence-corrected chi connectivity index (χ2v) is 4.97. The van der Waals surface area contributed by atoms with E-state index in [9.17, 15) is 5.11 Å². The fourth-order valence-corrected chi connectivity index (χ4v) is 2.41. The highest BCUT2D eigenvalue weighted by molar-refractivity contribution is 5.44. The van der Waals surface area contributed by atoms with Crippen molar-refractivity contribution in [2.45, 2.75) is 12.5 Å². The lowest BCUT2D eigenvalue weighted by Gasteiger charge is -2.20. The van der Waals surface area contributed by atoms with Crippen LogP contribution in [-0.2, 0) is 6.42 Å². The third-order valence-electron chi connectivity index (χ3n) is 3.51. The fourth-order valence-electron chi connectivity index (χ4n) is 2.41. The number of aliphatic hydroxyl groups is 1. The van der Waals surface area contributed by atoms with Crippen LogP contribution in [0.25, 0.3) is 0 Å². The van der Waals surface area contributed by atoms with Gasteiger partial charge in [0.15, 0.2) is 11.5 Å². The summed E-state index contributed by atoms with van der Waals surface area (Å²) in [6.07, 6.45) is -0.0652. The Balaban J connectivity index is 1.76. The molecule has 4 heteroatoms. The number of hydrogen-bond donors (Lipinski definition) is 1. The molecule has 0 fully saturated rings. The molecule has 0 spiro atoms. The number of hydrogen-bond acceptors (Lipinski definition) is 4.